The molecular weight excluding hydrogens is 265 g/mol. The van der Waals surface area contributed by atoms with E-state index in [4.69, 9.17) is 0 Å². The lowest BCUT2D eigenvalue weighted by molar-refractivity contribution is 0.138. The highest BCUT2D eigenvalue weighted by Gasteiger charge is 2.32. The molecule has 0 aliphatic carbocycles. The molecule has 3 nitrogen and oxygen atoms in total. The summed E-state index contributed by atoms with van der Waals surface area (Å²) in [6.45, 7) is 12.0. The fraction of sp³-hybridized carbons (Fsp3) is 0.647. The van der Waals surface area contributed by atoms with Gasteiger partial charge < -0.3 is 10.2 Å². The summed E-state index contributed by atoms with van der Waals surface area (Å²) in [5.74, 6) is -0.113. The van der Waals surface area contributed by atoms with Gasteiger partial charge in [-0.2, -0.15) is 0 Å². The summed E-state index contributed by atoms with van der Waals surface area (Å²) in [5, 5.41) is 3.39. The third kappa shape index (κ3) is 3.74. The van der Waals surface area contributed by atoms with Gasteiger partial charge >= 0.3 is 0 Å². The van der Waals surface area contributed by atoms with Crippen LogP contribution in [0.4, 0.5) is 10.1 Å². The van der Waals surface area contributed by atoms with Gasteiger partial charge in [-0.15, -0.1) is 0 Å². The molecule has 0 spiro atoms. The van der Waals surface area contributed by atoms with Crippen molar-refractivity contribution in [3.05, 3.63) is 29.6 Å². The molecule has 4 heteroatoms. The third-order valence-corrected chi connectivity index (χ3v) is 4.40. The molecule has 1 saturated heterocycles. The van der Waals surface area contributed by atoms with Crippen molar-refractivity contribution in [2.24, 2.45) is 0 Å². The van der Waals surface area contributed by atoms with Crippen molar-refractivity contribution >= 4 is 5.69 Å². The van der Waals surface area contributed by atoms with E-state index in [-0.39, 0.29) is 11.4 Å². The quantitative estimate of drug-likeness (QED) is 0.921. The minimum Gasteiger partial charge on any atom is -0.366 e. The van der Waals surface area contributed by atoms with Gasteiger partial charge in [-0.25, -0.2) is 4.39 Å². The van der Waals surface area contributed by atoms with Crippen LogP contribution in [0.25, 0.3) is 0 Å². The van der Waals surface area contributed by atoms with Crippen molar-refractivity contribution in [3.63, 3.8) is 0 Å². The average Bonchev–Trinajstić information content (AvgIpc) is 2.39. The zero-order valence-corrected chi connectivity index (χ0v) is 13.9. The number of likely N-dealkylation sites (N-methyl/N-ethyl adjacent to an activating group) is 1. The second-order valence-corrected chi connectivity index (χ2v) is 6.94. The summed E-state index contributed by atoms with van der Waals surface area (Å²) in [6.07, 6.45) is 0. The molecule has 1 fully saturated rings. The first kappa shape index (κ1) is 16.2. The molecule has 1 heterocycles. The van der Waals surface area contributed by atoms with Gasteiger partial charge in [0, 0.05) is 37.8 Å². The van der Waals surface area contributed by atoms with E-state index in [2.05, 4.69) is 49.9 Å². The predicted octanol–water partition coefficient (Wildman–Crippen LogP) is 2.85. The number of rotatable bonds is 4. The van der Waals surface area contributed by atoms with Crippen LogP contribution in [0.1, 0.15) is 33.3 Å². The maximum Gasteiger partial charge on any atom is 0.146 e. The summed E-state index contributed by atoms with van der Waals surface area (Å²) >= 11 is 0. The molecule has 0 atom stereocenters. The van der Waals surface area contributed by atoms with Crippen LogP contribution < -0.4 is 10.2 Å². The van der Waals surface area contributed by atoms with Crippen molar-refractivity contribution in [1.29, 1.82) is 0 Å². The Bertz CT molecular complexity index is 485. The number of nitrogens with zero attached hydrogens (tertiary/aromatic N) is 2. The summed E-state index contributed by atoms with van der Waals surface area (Å²) in [6, 6.07) is 5.79. The molecule has 1 N–H and O–H groups in total. The van der Waals surface area contributed by atoms with E-state index in [1.165, 1.54) is 0 Å². The maximum absolute atomic E-state index is 14.4. The number of anilines is 1. The van der Waals surface area contributed by atoms with E-state index in [0.29, 0.717) is 12.6 Å². The molecule has 0 saturated carbocycles. The second-order valence-electron chi connectivity index (χ2n) is 6.94. The Hall–Kier alpha value is -1.13. The summed E-state index contributed by atoms with van der Waals surface area (Å²) in [4.78, 5) is 4.54. The molecule has 0 radical (unpaired) electrons. The Morgan fingerprint density at radius 1 is 1.29 bits per heavy atom. The summed E-state index contributed by atoms with van der Waals surface area (Å²) < 4.78 is 14.4. The van der Waals surface area contributed by atoms with E-state index >= 15 is 0 Å². The number of para-hydroxylation sites is 1. The first-order valence-electron chi connectivity index (χ1n) is 7.78. The van der Waals surface area contributed by atoms with Crippen LogP contribution in [0.2, 0.25) is 0 Å². The standard InChI is InChI=1S/C17H28FN3/c1-13(2)19-11-14-7-6-8-15(18)16(14)21-10-9-20(5)17(3,4)12-21/h6-8,13,19H,9-12H2,1-5H3. The van der Waals surface area contributed by atoms with Crippen LogP contribution in [0.15, 0.2) is 18.2 Å². The number of benzene rings is 1. The molecule has 0 aromatic heterocycles. The molecule has 1 aromatic carbocycles. The highest BCUT2D eigenvalue weighted by Crippen LogP contribution is 2.29. The Balaban J connectivity index is 2.26. The van der Waals surface area contributed by atoms with Gasteiger partial charge in [-0.05, 0) is 32.5 Å². The highest BCUT2D eigenvalue weighted by atomic mass is 19.1. The van der Waals surface area contributed by atoms with Crippen molar-refractivity contribution in [2.75, 3.05) is 31.6 Å². The number of hydrogen-bond acceptors (Lipinski definition) is 3. The van der Waals surface area contributed by atoms with Gasteiger partial charge in [0.2, 0.25) is 0 Å². The van der Waals surface area contributed by atoms with Crippen LogP contribution in [0, 0.1) is 5.82 Å². The van der Waals surface area contributed by atoms with Crippen LogP contribution in [0.3, 0.4) is 0 Å². The molecule has 1 aliphatic rings. The molecule has 0 bridgehead atoms. The number of piperazine rings is 1. The fourth-order valence-electron chi connectivity index (χ4n) is 2.80. The smallest absolute Gasteiger partial charge is 0.146 e. The van der Waals surface area contributed by atoms with Gasteiger partial charge in [-0.3, -0.25) is 4.90 Å². The lowest BCUT2D eigenvalue weighted by Crippen LogP contribution is -2.58. The zero-order valence-electron chi connectivity index (χ0n) is 13.9. The molecule has 1 aromatic rings. The van der Waals surface area contributed by atoms with Crippen molar-refractivity contribution in [1.82, 2.24) is 10.2 Å². The van der Waals surface area contributed by atoms with E-state index in [9.17, 15) is 4.39 Å². The monoisotopic (exact) mass is 293 g/mol. The first-order chi connectivity index (χ1) is 9.81. The van der Waals surface area contributed by atoms with Crippen molar-refractivity contribution in [2.45, 2.75) is 45.8 Å². The maximum atomic E-state index is 14.4. The van der Waals surface area contributed by atoms with E-state index in [1.54, 1.807) is 12.1 Å². The van der Waals surface area contributed by atoms with E-state index in [1.807, 2.05) is 6.07 Å². The lowest BCUT2D eigenvalue weighted by Gasteiger charge is -2.46. The minimum atomic E-state index is -0.113. The number of hydrogen-bond donors (Lipinski definition) is 1. The fourth-order valence-corrected chi connectivity index (χ4v) is 2.80. The van der Waals surface area contributed by atoms with E-state index < -0.39 is 0 Å². The Labute approximate surface area is 128 Å². The highest BCUT2D eigenvalue weighted by molar-refractivity contribution is 5.55. The SMILES string of the molecule is CC(C)NCc1cccc(F)c1N1CCN(C)C(C)(C)C1. The molecular formula is C17H28FN3. The van der Waals surface area contributed by atoms with Crippen LogP contribution in [-0.4, -0.2) is 43.2 Å². The topological polar surface area (TPSA) is 18.5 Å². The van der Waals surface area contributed by atoms with Crippen molar-refractivity contribution < 1.29 is 4.39 Å². The molecule has 1 aliphatic heterocycles. The zero-order chi connectivity index (χ0) is 15.6. The number of nitrogens with one attached hydrogen (secondary N) is 1. The van der Waals surface area contributed by atoms with Crippen molar-refractivity contribution in [3.8, 4) is 0 Å². The normalized spacial score (nSPS) is 19.3. The molecule has 0 amide bonds. The minimum absolute atomic E-state index is 0.0588. The third-order valence-electron chi connectivity index (χ3n) is 4.40. The Kier molecular flexibility index (Phi) is 4.89. The van der Waals surface area contributed by atoms with E-state index in [0.717, 1.165) is 30.9 Å². The van der Waals surface area contributed by atoms with Gasteiger partial charge in [0.1, 0.15) is 5.82 Å². The van der Waals surface area contributed by atoms with Gasteiger partial charge in [0.05, 0.1) is 5.69 Å². The Morgan fingerprint density at radius 2 is 2.00 bits per heavy atom. The largest absolute Gasteiger partial charge is 0.366 e. The Morgan fingerprint density at radius 3 is 2.62 bits per heavy atom. The number of halogens is 1. The van der Waals surface area contributed by atoms with Crippen LogP contribution in [-0.2, 0) is 6.54 Å². The summed E-state index contributed by atoms with van der Waals surface area (Å²) in [5.41, 5.74) is 1.87. The van der Waals surface area contributed by atoms with Crippen LogP contribution in [0.5, 0.6) is 0 Å². The second kappa shape index (κ2) is 6.32. The first-order valence-corrected chi connectivity index (χ1v) is 7.78. The molecule has 2 rings (SSSR count). The molecule has 21 heavy (non-hydrogen) atoms. The molecule has 0 unspecified atom stereocenters. The molecule has 118 valence electrons. The predicted molar refractivity (Wildman–Crippen MR) is 87.3 cm³/mol. The van der Waals surface area contributed by atoms with Gasteiger partial charge in [-0.1, -0.05) is 26.0 Å². The van der Waals surface area contributed by atoms with Gasteiger partial charge in [0.25, 0.3) is 0 Å². The summed E-state index contributed by atoms with van der Waals surface area (Å²) in [7, 11) is 2.14. The van der Waals surface area contributed by atoms with Gasteiger partial charge in [0.15, 0.2) is 0 Å². The lowest BCUT2D eigenvalue weighted by atomic mass is 9.98. The average molecular weight is 293 g/mol. The van der Waals surface area contributed by atoms with Crippen LogP contribution >= 0.6 is 0 Å².